The van der Waals surface area contributed by atoms with Crippen molar-refractivity contribution in [1.82, 2.24) is 14.7 Å². The van der Waals surface area contributed by atoms with Gasteiger partial charge < -0.3 is 14.7 Å². The van der Waals surface area contributed by atoms with E-state index in [0.29, 0.717) is 5.41 Å². The minimum absolute atomic E-state index is 0.263. The SMILES string of the molecule is CC(=O)N1CC2(CC(CN3CCC(N4CCC(C(C)C)CC4)CC3)C2)C1. The number of carbonyl (C=O) groups is 1. The van der Waals surface area contributed by atoms with Crippen molar-refractivity contribution in [2.45, 2.75) is 65.3 Å². The highest BCUT2D eigenvalue weighted by Crippen LogP contribution is 2.52. The summed E-state index contributed by atoms with van der Waals surface area (Å²) in [5.74, 6) is 2.98. The number of amides is 1. The molecular weight excluding hydrogens is 322 g/mol. The summed E-state index contributed by atoms with van der Waals surface area (Å²) in [7, 11) is 0. The Labute approximate surface area is 160 Å². The molecule has 4 aliphatic rings. The summed E-state index contributed by atoms with van der Waals surface area (Å²) in [6.45, 7) is 15.2. The standard InChI is InChI=1S/C22H39N3O/c1-17(2)20-4-10-24(11-5-20)21-6-8-23(9-7-21)14-19-12-22(13-19)15-25(16-22)18(3)26/h17,19-21H,4-16H2,1-3H3. The summed E-state index contributed by atoms with van der Waals surface area (Å²) < 4.78 is 0. The number of hydrogen-bond donors (Lipinski definition) is 0. The molecule has 3 saturated heterocycles. The van der Waals surface area contributed by atoms with Gasteiger partial charge in [-0.15, -0.1) is 0 Å². The normalized spacial score (nSPS) is 29.2. The molecular formula is C22H39N3O. The predicted molar refractivity (Wildman–Crippen MR) is 106 cm³/mol. The molecule has 1 amide bonds. The summed E-state index contributed by atoms with van der Waals surface area (Å²) in [4.78, 5) is 18.9. The zero-order valence-corrected chi connectivity index (χ0v) is 17.3. The van der Waals surface area contributed by atoms with E-state index in [1.165, 1.54) is 71.2 Å². The molecule has 3 aliphatic heterocycles. The molecule has 3 heterocycles. The zero-order chi connectivity index (χ0) is 18.3. The van der Waals surface area contributed by atoms with Gasteiger partial charge in [0, 0.05) is 38.0 Å². The van der Waals surface area contributed by atoms with Crippen LogP contribution in [0.5, 0.6) is 0 Å². The molecule has 0 bridgehead atoms. The fourth-order valence-electron chi connectivity index (χ4n) is 6.32. The first-order valence-electron chi connectivity index (χ1n) is 11.2. The van der Waals surface area contributed by atoms with Crippen molar-refractivity contribution in [1.29, 1.82) is 0 Å². The largest absolute Gasteiger partial charge is 0.342 e. The Kier molecular flexibility index (Phi) is 5.35. The Morgan fingerprint density at radius 2 is 1.62 bits per heavy atom. The van der Waals surface area contributed by atoms with Gasteiger partial charge in [0.1, 0.15) is 0 Å². The highest BCUT2D eigenvalue weighted by Gasteiger charge is 2.53. The number of hydrogen-bond acceptors (Lipinski definition) is 3. The highest BCUT2D eigenvalue weighted by atomic mass is 16.2. The minimum Gasteiger partial charge on any atom is -0.342 e. The van der Waals surface area contributed by atoms with E-state index in [1.807, 2.05) is 4.90 Å². The molecule has 4 heteroatoms. The first kappa shape index (κ1) is 18.7. The molecule has 26 heavy (non-hydrogen) atoms. The maximum atomic E-state index is 11.4. The molecule has 4 rings (SSSR count). The van der Waals surface area contributed by atoms with E-state index in [9.17, 15) is 4.79 Å². The number of nitrogens with zero attached hydrogens (tertiary/aromatic N) is 3. The topological polar surface area (TPSA) is 26.8 Å². The van der Waals surface area contributed by atoms with Gasteiger partial charge in [0.05, 0.1) is 0 Å². The van der Waals surface area contributed by atoms with Crippen molar-refractivity contribution in [2.24, 2.45) is 23.2 Å². The van der Waals surface area contributed by atoms with Crippen molar-refractivity contribution in [3.63, 3.8) is 0 Å². The van der Waals surface area contributed by atoms with Crippen LogP contribution < -0.4 is 0 Å². The lowest BCUT2D eigenvalue weighted by Crippen LogP contribution is -2.64. The molecule has 0 aromatic carbocycles. The van der Waals surface area contributed by atoms with Crippen molar-refractivity contribution < 1.29 is 4.79 Å². The minimum atomic E-state index is 0.263. The van der Waals surface area contributed by atoms with E-state index >= 15 is 0 Å². The fraction of sp³-hybridized carbons (Fsp3) is 0.955. The average Bonchev–Trinajstić information content (AvgIpc) is 2.56. The number of rotatable bonds is 4. The van der Waals surface area contributed by atoms with E-state index in [2.05, 4.69) is 23.6 Å². The van der Waals surface area contributed by atoms with Crippen LogP contribution in [-0.2, 0) is 4.79 Å². The molecule has 4 fully saturated rings. The van der Waals surface area contributed by atoms with Crippen molar-refractivity contribution in [2.75, 3.05) is 45.8 Å². The van der Waals surface area contributed by atoms with Crippen LogP contribution >= 0.6 is 0 Å². The lowest BCUT2D eigenvalue weighted by Gasteiger charge is -2.59. The third-order valence-corrected chi connectivity index (χ3v) is 8.05. The molecule has 148 valence electrons. The van der Waals surface area contributed by atoms with Gasteiger partial charge >= 0.3 is 0 Å². The second-order valence-electron chi connectivity index (χ2n) is 10.3. The third-order valence-electron chi connectivity index (χ3n) is 8.05. The third kappa shape index (κ3) is 3.82. The molecule has 1 saturated carbocycles. The van der Waals surface area contributed by atoms with Gasteiger partial charge in [0.2, 0.25) is 5.91 Å². The number of carbonyl (C=O) groups excluding carboxylic acids is 1. The molecule has 0 unspecified atom stereocenters. The van der Waals surface area contributed by atoms with Crippen molar-refractivity contribution in [3.8, 4) is 0 Å². The van der Waals surface area contributed by atoms with Gasteiger partial charge in [-0.25, -0.2) is 0 Å². The van der Waals surface area contributed by atoms with Gasteiger partial charge in [-0.05, 0) is 82.5 Å². The molecule has 0 aromatic rings. The Balaban J connectivity index is 1.13. The molecule has 1 spiro atoms. The van der Waals surface area contributed by atoms with Crippen LogP contribution in [0, 0.1) is 23.2 Å². The van der Waals surface area contributed by atoms with Crippen LogP contribution in [0.3, 0.4) is 0 Å². The second kappa shape index (κ2) is 7.43. The van der Waals surface area contributed by atoms with Crippen LogP contribution in [0.4, 0.5) is 0 Å². The Hall–Kier alpha value is -0.610. The molecule has 4 nitrogen and oxygen atoms in total. The lowest BCUT2D eigenvalue weighted by molar-refractivity contribution is -0.153. The smallest absolute Gasteiger partial charge is 0.219 e. The molecule has 0 atom stereocenters. The monoisotopic (exact) mass is 361 g/mol. The van der Waals surface area contributed by atoms with Crippen molar-refractivity contribution >= 4 is 5.91 Å². The van der Waals surface area contributed by atoms with Gasteiger partial charge in [-0.1, -0.05) is 13.8 Å². The maximum absolute atomic E-state index is 11.4. The van der Waals surface area contributed by atoms with Gasteiger partial charge in [0.15, 0.2) is 0 Å². The molecule has 0 N–H and O–H groups in total. The molecule has 0 radical (unpaired) electrons. The zero-order valence-electron chi connectivity index (χ0n) is 17.3. The van der Waals surface area contributed by atoms with E-state index in [4.69, 9.17) is 0 Å². The van der Waals surface area contributed by atoms with E-state index < -0.39 is 0 Å². The summed E-state index contributed by atoms with van der Waals surface area (Å²) in [6, 6.07) is 0.850. The fourth-order valence-corrected chi connectivity index (χ4v) is 6.32. The number of likely N-dealkylation sites (tertiary alicyclic amines) is 3. The van der Waals surface area contributed by atoms with Crippen molar-refractivity contribution in [3.05, 3.63) is 0 Å². The quantitative estimate of drug-likeness (QED) is 0.770. The molecule has 1 aliphatic carbocycles. The van der Waals surface area contributed by atoms with E-state index in [1.54, 1.807) is 6.92 Å². The van der Waals surface area contributed by atoms with Gasteiger partial charge in [0.25, 0.3) is 0 Å². The van der Waals surface area contributed by atoms with E-state index in [-0.39, 0.29) is 5.91 Å². The number of piperidine rings is 2. The van der Waals surface area contributed by atoms with Crippen LogP contribution in [0.15, 0.2) is 0 Å². The van der Waals surface area contributed by atoms with Crippen LogP contribution in [-0.4, -0.2) is 72.5 Å². The second-order valence-corrected chi connectivity index (χ2v) is 10.3. The van der Waals surface area contributed by atoms with Crippen LogP contribution in [0.1, 0.15) is 59.3 Å². The van der Waals surface area contributed by atoms with Crippen LogP contribution in [0.25, 0.3) is 0 Å². The van der Waals surface area contributed by atoms with E-state index in [0.717, 1.165) is 36.9 Å². The summed E-state index contributed by atoms with van der Waals surface area (Å²) in [6.07, 6.45) is 8.31. The Bertz CT molecular complexity index is 490. The Morgan fingerprint density at radius 3 is 2.15 bits per heavy atom. The first-order valence-corrected chi connectivity index (χ1v) is 11.2. The predicted octanol–water partition coefficient (Wildman–Crippen LogP) is 3.08. The molecule has 0 aromatic heterocycles. The maximum Gasteiger partial charge on any atom is 0.219 e. The van der Waals surface area contributed by atoms with Gasteiger partial charge in [-0.2, -0.15) is 0 Å². The lowest BCUT2D eigenvalue weighted by atomic mass is 9.57. The highest BCUT2D eigenvalue weighted by molar-refractivity contribution is 5.74. The summed E-state index contributed by atoms with van der Waals surface area (Å²) in [5, 5.41) is 0. The van der Waals surface area contributed by atoms with Gasteiger partial charge in [-0.3, -0.25) is 4.79 Å². The summed E-state index contributed by atoms with van der Waals surface area (Å²) >= 11 is 0. The first-order chi connectivity index (χ1) is 12.4. The average molecular weight is 362 g/mol. The van der Waals surface area contributed by atoms with Crippen LogP contribution in [0.2, 0.25) is 0 Å². The summed E-state index contributed by atoms with van der Waals surface area (Å²) in [5.41, 5.74) is 0.523. The Morgan fingerprint density at radius 1 is 1.00 bits per heavy atom.